The zero-order chi connectivity index (χ0) is 14.7. The number of carbonyl (C=O) groups is 1. The molecule has 1 amide bonds. The van der Waals surface area contributed by atoms with Gasteiger partial charge in [0.15, 0.2) is 0 Å². The predicted octanol–water partition coefficient (Wildman–Crippen LogP) is 2.49. The average Bonchev–Trinajstić information content (AvgIpc) is 2.97. The summed E-state index contributed by atoms with van der Waals surface area (Å²) in [6, 6.07) is 8.74. The van der Waals surface area contributed by atoms with Gasteiger partial charge >= 0.3 is 0 Å². The lowest BCUT2D eigenvalue weighted by Crippen LogP contribution is -2.39. The van der Waals surface area contributed by atoms with Gasteiger partial charge in [0.2, 0.25) is 5.91 Å². The number of carbonyl (C=O) groups excluding carboxylic acids is 1. The number of nitrogens with zero attached hydrogens (tertiary/aromatic N) is 1. The Morgan fingerprint density at radius 2 is 1.95 bits per heavy atom. The van der Waals surface area contributed by atoms with Gasteiger partial charge in [-0.15, -0.1) is 0 Å². The number of likely N-dealkylation sites (tertiary alicyclic amines) is 1. The van der Waals surface area contributed by atoms with Crippen LogP contribution in [0.25, 0.3) is 0 Å². The van der Waals surface area contributed by atoms with E-state index in [1.165, 1.54) is 31.5 Å². The molecule has 0 bridgehead atoms. The minimum atomic E-state index is 0.0685. The number of anilines is 1. The topological polar surface area (TPSA) is 44.4 Å². The van der Waals surface area contributed by atoms with Gasteiger partial charge in [-0.25, -0.2) is 0 Å². The van der Waals surface area contributed by atoms with Crippen molar-refractivity contribution in [1.82, 2.24) is 10.2 Å². The van der Waals surface area contributed by atoms with E-state index < -0.39 is 0 Å². The van der Waals surface area contributed by atoms with Gasteiger partial charge in [0, 0.05) is 24.4 Å². The van der Waals surface area contributed by atoms with E-state index in [0.29, 0.717) is 6.42 Å². The van der Waals surface area contributed by atoms with E-state index in [-0.39, 0.29) is 11.9 Å². The molecule has 0 saturated carbocycles. The van der Waals surface area contributed by atoms with Crippen molar-refractivity contribution in [2.24, 2.45) is 0 Å². The maximum absolute atomic E-state index is 11.3. The number of nitrogens with one attached hydrogen (secondary N) is 2. The largest absolute Gasteiger partial charge is 0.377 e. The molecule has 4 heteroatoms. The van der Waals surface area contributed by atoms with Crippen LogP contribution in [-0.2, 0) is 11.3 Å². The second-order valence-electron chi connectivity index (χ2n) is 5.99. The first-order chi connectivity index (χ1) is 10.2. The van der Waals surface area contributed by atoms with Gasteiger partial charge in [0.05, 0.1) is 6.04 Å². The molecule has 1 aromatic carbocycles. The zero-order valence-corrected chi connectivity index (χ0v) is 12.4. The molecular formula is C17H23N3O. The molecule has 2 fully saturated rings. The number of rotatable bonds is 4. The second-order valence-corrected chi connectivity index (χ2v) is 5.99. The summed E-state index contributed by atoms with van der Waals surface area (Å²) in [5, 5.41) is 6.25. The molecular weight excluding hydrogens is 262 g/mol. The maximum atomic E-state index is 11.3. The molecule has 2 heterocycles. The Balaban J connectivity index is 1.56. The van der Waals surface area contributed by atoms with Gasteiger partial charge in [-0.05, 0) is 50.0 Å². The minimum absolute atomic E-state index is 0.0685. The van der Waals surface area contributed by atoms with Crippen molar-refractivity contribution in [2.75, 3.05) is 18.4 Å². The van der Waals surface area contributed by atoms with E-state index in [1.807, 2.05) is 0 Å². The first kappa shape index (κ1) is 14.1. The summed E-state index contributed by atoms with van der Waals surface area (Å²) in [6.07, 6.45) is 4.02. The third-order valence-electron chi connectivity index (χ3n) is 4.28. The fraction of sp³-hybridized carbons (Fsp3) is 0.471. The van der Waals surface area contributed by atoms with Crippen LogP contribution in [0.1, 0.15) is 31.2 Å². The van der Waals surface area contributed by atoms with E-state index in [0.717, 1.165) is 24.4 Å². The Kier molecular flexibility index (Phi) is 4.25. The van der Waals surface area contributed by atoms with Crippen molar-refractivity contribution < 1.29 is 4.79 Å². The van der Waals surface area contributed by atoms with Crippen LogP contribution in [0.15, 0.2) is 36.5 Å². The molecule has 2 saturated heterocycles. The fourth-order valence-corrected chi connectivity index (χ4v) is 3.04. The molecule has 112 valence electrons. The molecule has 21 heavy (non-hydrogen) atoms. The highest BCUT2D eigenvalue weighted by molar-refractivity contribution is 5.79. The van der Waals surface area contributed by atoms with Gasteiger partial charge in [0.25, 0.3) is 0 Å². The number of piperidine rings is 1. The summed E-state index contributed by atoms with van der Waals surface area (Å²) in [5.74, 6) is 0.0685. The van der Waals surface area contributed by atoms with Crippen molar-refractivity contribution >= 4 is 11.6 Å². The zero-order valence-electron chi connectivity index (χ0n) is 12.4. The molecule has 0 spiro atoms. The van der Waals surface area contributed by atoms with E-state index in [2.05, 4.69) is 46.4 Å². The third kappa shape index (κ3) is 3.64. The van der Waals surface area contributed by atoms with Gasteiger partial charge in [-0.2, -0.15) is 0 Å². The highest BCUT2D eigenvalue weighted by atomic mass is 16.1. The second kappa shape index (κ2) is 6.31. The highest BCUT2D eigenvalue weighted by Crippen LogP contribution is 2.19. The van der Waals surface area contributed by atoms with Crippen molar-refractivity contribution in [1.29, 1.82) is 0 Å². The summed E-state index contributed by atoms with van der Waals surface area (Å²) in [4.78, 5) is 13.8. The Labute approximate surface area is 126 Å². The molecule has 0 aromatic heterocycles. The van der Waals surface area contributed by atoms with Crippen LogP contribution in [0.3, 0.4) is 0 Å². The van der Waals surface area contributed by atoms with Crippen LogP contribution in [0, 0.1) is 0 Å². The van der Waals surface area contributed by atoms with E-state index in [1.54, 1.807) is 0 Å². The predicted molar refractivity (Wildman–Crippen MR) is 84.9 cm³/mol. The number of hydrogen-bond donors (Lipinski definition) is 2. The van der Waals surface area contributed by atoms with Crippen LogP contribution in [0.5, 0.6) is 0 Å². The van der Waals surface area contributed by atoms with Gasteiger partial charge in [-0.1, -0.05) is 18.7 Å². The Morgan fingerprint density at radius 3 is 2.62 bits per heavy atom. The standard InChI is InChI=1S/C17H23N3O/c1-13-16(8-9-17(21)18-13)19-15-6-4-14(5-7-15)12-20-10-2-3-11-20/h4-7,16,19H,1-3,8-12H2,(H,18,21). The SMILES string of the molecule is C=C1NC(=O)CCC1Nc1ccc(CN2CCCC2)cc1. The molecule has 3 rings (SSSR count). The molecule has 2 N–H and O–H groups in total. The molecule has 2 aliphatic rings. The molecule has 1 aromatic rings. The molecule has 1 atom stereocenters. The Hall–Kier alpha value is -1.81. The summed E-state index contributed by atoms with van der Waals surface area (Å²) >= 11 is 0. The summed E-state index contributed by atoms with van der Waals surface area (Å²) in [6.45, 7) is 7.42. The lowest BCUT2D eigenvalue weighted by molar-refractivity contribution is -0.121. The number of hydrogen-bond acceptors (Lipinski definition) is 3. The Morgan fingerprint density at radius 1 is 1.24 bits per heavy atom. The van der Waals surface area contributed by atoms with Crippen LogP contribution in [0.4, 0.5) is 5.69 Å². The Bertz CT molecular complexity index is 517. The summed E-state index contributed by atoms with van der Waals surface area (Å²) < 4.78 is 0. The van der Waals surface area contributed by atoms with Crippen LogP contribution in [0.2, 0.25) is 0 Å². The average molecular weight is 285 g/mol. The molecule has 2 aliphatic heterocycles. The summed E-state index contributed by atoms with van der Waals surface area (Å²) in [5.41, 5.74) is 3.22. The normalized spacial score (nSPS) is 23.1. The first-order valence-corrected chi connectivity index (χ1v) is 7.77. The number of benzene rings is 1. The first-order valence-electron chi connectivity index (χ1n) is 7.77. The quantitative estimate of drug-likeness (QED) is 0.893. The number of amides is 1. The molecule has 0 aliphatic carbocycles. The van der Waals surface area contributed by atoms with Gasteiger partial charge in [-0.3, -0.25) is 9.69 Å². The minimum Gasteiger partial charge on any atom is -0.377 e. The maximum Gasteiger partial charge on any atom is 0.224 e. The lowest BCUT2D eigenvalue weighted by atomic mass is 10.0. The van der Waals surface area contributed by atoms with Crippen molar-refractivity contribution in [3.63, 3.8) is 0 Å². The lowest BCUT2D eigenvalue weighted by Gasteiger charge is -2.26. The fourth-order valence-electron chi connectivity index (χ4n) is 3.04. The van der Waals surface area contributed by atoms with Crippen LogP contribution >= 0.6 is 0 Å². The summed E-state index contributed by atoms with van der Waals surface area (Å²) in [7, 11) is 0. The highest BCUT2D eigenvalue weighted by Gasteiger charge is 2.21. The molecule has 0 radical (unpaired) electrons. The van der Waals surface area contributed by atoms with Crippen LogP contribution in [-0.4, -0.2) is 29.9 Å². The van der Waals surface area contributed by atoms with Crippen molar-refractivity contribution in [2.45, 2.75) is 38.3 Å². The molecule has 1 unspecified atom stereocenters. The van der Waals surface area contributed by atoms with E-state index >= 15 is 0 Å². The van der Waals surface area contributed by atoms with Crippen LogP contribution < -0.4 is 10.6 Å². The third-order valence-corrected chi connectivity index (χ3v) is 4.28. The van der Waals surface area contributed by atoms with Gasteiger partial charge in [0.1, 0.15) is 0 Å². The van der Waals surface area contributed by atoms with Crippen molar-refractivity contribution in [3.8, 4) is 0 Å². The monoisotopic (exact) mass is 285 g/mol. The van der Waals surface area contributed by atoms with Gasteiger partial charge < -0.3 is 10.6 Å². The molecule has 4 nitrogen and oxygen atoms in total. The van der Waals surface area contributed by atoms with Crippen molar-refractivity contribution in [3.05, 3.63) is 42.1 Å². The van der Waals surface area contributed by atoms with E-state index in [9.17, 15) is 4.79 Å². The smallest absolute Gasteiger partial charge is 0.224 e. The van der Waals surface area contributed by atoms with E-state index in [4.69, 9.17) is 0 Å².